The minimum atomic E-state index is -0.444. The number of aryl methyl sites for hydroxylation is 1. The number of rotatable bonds is 4. The van der Waals surface area contributed by atoms with Crippen molar-refractivity contribution < 1.29 is 4.92 Å². The molecule has 2 aromatic rings. The highest BCUT2D eigenvalue weighted by Crippen LogP contribution is 2.22. The van der Waals surface area contributed by atoms with Crippen LogP contribution >= 0.6 is 27.3 Å². The van der Waals surface area contributed by atoms with E-state index < -0.39 is 4.92 Å². The van der Waals surface area contributed by atoms with E-state index in [1.54, 1.807) is 18.3 Å². The summed E-state index contributed by atoms with van der Waals surface area (Å²) in [6.45, 7) is 2.45. The number of nitrogens with one attached hydrogen (secondary N) is 1. The Hall–Kier alpha value is -1.47. The average molecular weight is 328 g/mol. The van der Waals surface area contributed by atoms with E-state index in [0.717, 1.165) is 10.0 Å². The van der Waals surface area contributed by atoms with Crippen molar-refractivity contribution in [3.63, 3.8) is 0 Å². The lowest BCUT2D eigenvalue weighted by molar-refractivity contribution is -0.385. The molecule has 0 bridgehead atoms. The third kappa shape index (κ3) is 3.05. The molecule has 0 aromatic carbocycles. The van der Waals surface area contributed by atoms with Gasteiger partial charge in [0.25, 0.3) is 5.69 Å². The first-order valence-corrected chi connectivity index (χ1v) is 6.81. The first-order chi connectivity index (χ1) is 8.56. The highest BCUT2D eigenvalue weighted by atomic mass is 79.9. The van der Waals surface area contributed by atoms with Crippen LogP contribution in [0.15, 0.2) is 28.2 Å². The summed E-state index contributed by atoms with van der Waals surface area (Å²) < 4.78 is 1.05. The second-order valence-electron chi connectivity index (χ2n) is 3.70. The summed E-state index contributed by atoms with van der Waals surface area (Å²) in [6, 6.07) is 3.54. The van der Waals surface area contributed by atoms with E-state index in [9.17, 15) is 10.1 Å². The largest absolute Gasteiger partial charge is 0.365 e. The van der Waals surface area contributed by atoms with E-state index in [1.165, 1.54) is 17.1 Å². The molecule has 2 heterocycles. The van der Waals surface area contributed by atoms with E-state index in [4.69, 9.17) is 0 Å². The van der Waals surface area contributed by atoms with Crippen molar-refractivity contribution >= 4 is 38.8 Å². The van der Waals surface area contributed by atoms with Crippen molar-refractivity contribution in [1.29, 1.82) is 0 Å². The van der Waals surface area contributed by atoms with Gasteiger partial charge in [0.05, 0.1) is 11.5 Å². The van der Waals surface area contributed by atoms with Crippen molar-refractivity contribution in [3.05, 3.63) is 48.7 Å². The van der Waals surface area contributed by atoms with Crippen LogP contribution in [0.5, 0.6) is 0 Å². The number of aromatic nitrogens is 1. The predicted octanol–water partition coefficient (Wildman–Crippen LogP) is 3.73. The fourth-order valence-corrected chi connectivity index (χ4v) is 2.85. The first kappa shape index (κ1) is 13.0. The van der Waals surface area contributed by atoms with Crippen LogP contribution in [-0.2, 0) is 6.54 Å². The van der Waals surface area contributed by atoms with Gasteiger partial charge in [0, 0.05) is 20.8 Å². The number of nitro groups is 1. The summed E-state index contributed by atoms with van der Waals surface area (Å²) in [7, 11) is 0. The van der Waals surface area contributed by atoms with Gasteiger partial charge in [-0.2, -0.15) is 0 Å². The highest BCUT2D eigenvalue weighted by molar-refractivity contribution is 9.10. The number of hydrogen-bond acceptors (Lipinski definition) is 5. The van der Waals surface area contributed by atoms with Gasteiger partial charge in [0.2, 0.25) is 0 Å². The van der Waals surface area contributed by atoms with Crippen LogP contribution in [0.2, 0.25) is 0 Å². The Balaban J connectivity index is 2.08. The van der Waals surface area contributed by atoms with Crippen LogP contribution in [0.25, 0.3) is 0 Å². The van der Waals surface area contributed by atoms with Gasteiger partial charge in [-0.3, -0.25) is 10.1 Å². The predicted molar refractivity (Wildman–Crippen MR) is 75.0 cm³/mol. The molecule has 0 aliphatic carbocycles. The minimum Gasteiger partial charge on any atom is -0.365 e. The lowest BCUT2D eigenvalue weighted by Crippen LogP contribution is -2.02. The summed E-state index contributed by atoms with van der Waals surface area (Å²) >= 11 is 5.03. The van der Waals surface area contributed by atoms with Crippen LogP contribution in [0, 0.1) is 17.0 Å². The number of hydrogen-bond donors (Lipinski definition) is 1. The Morgan fingerprint density at radius 3 is 2.89 bits per heavy atom. The Labute approximate surface area is 116 Å². The van der Waals surface area contributed by atoms with Crippen molar-refractivity contribution in [2.75, 3.05) is 5.32 Å². The molecule has 5 nitrogen and oxygen atoms in total. The standard InChI is InChI=1S/C11H10BrN3O2S/c1-7-2-9(15(16)17)4-13-11(7)14-5-10-3-8(12)6-18-10/h2-4,6H,5H2,1H3,(H,13,14). The molecule has 0 unspecified atom stereocenters. The third-order valence-corrected chi connectivity index (χ3v) is 4.02. The van der Waals surface area contributed by atoms with Crippen LogP contribution in [0.3, 0.4) is 0 Å². The quantitative estimate of drug-likeness (QED) is 0.686. The molecular weight excluding hydrogens is 318 g/mol. The maximum absolute atomic E-state index is 10.6. The SMILES string of the molecule is Cc1cc([N+](=O)[O-])cnc1NCc1cc(Br)cs1. The van der Waals surface area contributed by atoms with E-state index in [-0.39, 0.29) is 5.69 Å². The van der Waals surface area contributed by atoms with Gasteiger partial charge in [-0.15, -0.1) is 11.3 Å². The Morgan fingerprint density at radius 1 is 1.56 bits per heavy atom. The van der Waals surface area contributed by atoms with E-state index in [2.05, 4.69) is 26.2 Å². The molecule has 2 rings (SSSR count). The minimum absolute atomic E-state index is 0.0110. The molecule has 7 heteroatoms. The molecule has 18 heavy (non-hydrogen) atoms. The smallest absolute Gasteiger partial charge is 0.287 e. The summed E-state index contributed by atoms with van der Waals surface area (Å²) in [5.41, 5.74) is 0.775. The fraction of sp³-hybridized carbons (Fsp3) is 0.182. The van der Waals surface area contributed by atoms with Crippen molar-refractivity contribution in [3.8, 4) is 0 Å². The lowest BCUT2D eigenvalue weighted by atomic mass is 10.2. The van der Waals surface area contributed by atoms with E-state index >= 15 is 0 Å². The Kier molecular flexibility index (Phi) is 3.93. The van der Waals surface area contributed by atoms with Crippen LogP contribution in [0.1, 0.15) is 10.4 Å². The zero-order valence-corrected chi connectivity index (χ0v) is 11.9. The molecule has 1 N–H and O–H groups in total. The molecule has 0 fully saturated rings. The summed E-state index contributed by atoms with van der Waals surface area (Å²) in [5.74, 6) is 0.671. The molecule has 0 saturated carbocycles. The number of anilines is 1. The average Bonchev–Trinajstić information content (AvgIpc) is 2.73. The zero-order valence-electron chi connectivity index (χ0n) is 9.51. The number of nitrogens with zero attached hydrogens (tertiary/aromatic N) is 2. The van der Waals surface area contributed by atoms with Gasteiger partial charge in [-0.25, -0.2) is 4.98 Å². The van der Waals surface area contributed by atoms with Gasteiger partial charge >= 0.3 is 0 Å². The normalized spacial score (nSPS) is 10.3. The van der Waals surface area contributed by atoms with Gasteiger partial charge in [0.1, 0.15) is 12.0 Å². The van der Waals surface area contributed by atoms with Gasteiger partial charge < -0.3 is 5.32 Å². The second kappa shape index (κ2) is 5.45. The van der Waals surface area contributed by atoms with Crippen LogP contribution in [0.4, 0.5) is 11.5 Å². The van der Waals surface area contributed by atoms with Gasteiger partial charge in [0.15, 0.2) is 0 Å². The van der Waals surface area contributed by atoms with Gasteiger partial charge in [-0.1, -0.05) is 0 Å². The number of thiophene rings is 1. The molecule has 2 aromatic heterocycles. The third-order valence-electron chi connectivity index (χ3n) is 2.33. The molecule has 0 spiro atoms. The van der Waals surface area contributed by atoms with Crippen molar-refractivity contribution in [2.24, 2.45) is 0 Å². The molecular formula is C11H10BrN3O2S. The Bertz CT molecular complexity index is 585. The highest BCUT2D eigenvalue weighted by Gasteiger charge is 2.09. The maximum Gasteiger partial charge on any atom is 0.287 e. The van der Waals surface area contributed by atoms with Crippen molar-refractivity contribution in [1.82, 2.24) is 4.98 Å². The molecule has 0 aliphatic rings. The monoisotopic (exact) mass is 327 g/mol. The molecule has 94 valence electrons. The molecule has 0 saturated heterocycles. The lowest BCUT2D eigenvalue weighted by Gasteiger charge is -2.06. The summed E-state index contributed by atoms with van der Waals surface area (Å²) in [6.07, 6.45) is 1.26. The van der Waals surface area contributed by atoms with Crippen molar-refractivity contribution in [2.45, 2.75) is 13.5 Å². The van der Waals surface area contributed by atoms with Crippen LogP contribution in [-0.4, -0.2) is 9.91 Å². The Morgan fingerprint density at radius 2 is 2.33 bits per heavy atom. The molecule has 0 amide bonds. The van der Waals surface area contributed by atoms with E-state index in [1.807, 2.05) is 11.4 Å². The first-order valence-electron chi connectivity index (χ1n) is 5.14. The molecule has 0 aliphatic heterocycles. The van der Waals surface area contributed by atoms with Crippen LogP contribution < -0.4 is 5.32 Å². The number of halogens is 1. The summed E-state index contributed by atoms with van der Waals surface area (Å²) in [5, 5.41) is 15.8. The maximum atomic E-state index is 10.6. The zero-order chi connectivity index (χ0) is 13.1. The van der Waals surface area contributed by atoms with Gasteiger partial charge in [-0.05, 0) is 34.5 Å². The van der Waals surface area contributed by atoms with E-state index in [0.29, 0.717) is 12.4 Å². The fourth-order valence-electron chi connectivity index (χ4n) is 1.46. The molecule has 0 atom stereocenters. The topological polar surface area (TPSA) is 68.1 Å². The molecule has 0 radical (unpaired) electrons. The summed E-state index contributed by atoms with van der Waals surface area (Å²) in [4.78, 5) is 15.4. The second-order valence-corrected chi connectivity index (χ2v) is 5.61. The number of pyridine rings is 1.